The van der Waals surface area contributed by atoms with E-state index in [0.717, 1.165) is 6.07 Å². The van der Waals surface area contributed by atoms with Crippen LogP contribution in [-0.2, 0) is 0 Å². The Morgan fingerprint density at radius 2 is 1.74 bits per heavy atom. The summed E-state index contributed by atoms with van der Waals surface area (Å²) in [5.74, 6) is -2.94. The number of rotatable bonds is 5. The molecule has 1 aromatic heterocycles. The zero-order valence-corrected chi connectivity index (χ0v) is 14.2. The van der Waals surface area contributed by atoms with Gasteiger partial charge in [-0.25, -0.2) is 0 Å². The first kappa shape index (κ1) is 18.8. The Morgan fingerprint density at radius 1 is 1.04 bits per heavy atom. The Balaban J connectivity index is 2.53. The molecule has 0 spiro atoms. The Labute approximate surface area is 151 Å². The van der Waals surface area contributed by atoms with Gasteiger partial charge < -0.3 is 39.8 Å². The molecule has 2 aromatic carbocycles. The van der Waals surface area contributed by atoms with Crippen LogP contribution < -0.4 is 10.2 Å². The first-order valence-corrected chi connectivity index (χ1v) is 7.96. The van der Waals surface area contributed by atoms with E-state index >= 15 is 0 Å². The molecular formula is C18H18O9. The van der Waals surface area contributed by atoms with Crippen molar-refractivity contribution in [2.75, 3.05) is 20.3 Å². The molecule has 0 bridgehead atoms. The molecule has 0 aliphatic heterocycles. The number of aliphatic hydroxyl groups is 3. The van der Waals surface area contributed by atoms with Crippen LogP contribution in [0.3, 0.4) is 0 Å². The molecule has 3 aromatic rings. The molecule has 2 atom stereocenters. The van der Waals surface area contributed by atoms with Gasteiger partial charge in [-0.2, -0.15) is 0 Å². The molecule has 0 amide bonds. The van der Waals surface area contributed by atoms with Crippen LogP contribution in [0.1, 0.15) is 11.5 Å². The number of methoxy groups -OCH3 is 1. The fourth-order valence-electron chi connectivity index (χ4n) is 3.09. The van der Waals surface area contributed by atoms with Gasteiger partial charge in [0, 0.05) is 17.5 Å². The highest BCUT2D eigenvalue weighted by Crippen LogP contribution is 2.42. The fraction of sp³-hybridized carbons (Fsp3) is 0.278. The molecule has 0 radical (unpaired) electrons. The van der Waals surface area contributed by atoms with E-state index in [1.165, 1.54) is 19.2 Å². The predicted octanol–water partition coefficient (Wildman–Crippen LogP) is 0.501. The zero-order valence-electron chi connectivity index (χ0n) is 14.2. The highest BCUT2D eigenvalue weighted by atomic mass is 16.5. The fourth-order valence-corrected chi connectivity index (χ4v) is 3.09. The Morgan fingerprint density at radius 3 is 2.33 bits per heavy atom. The number of fused-ring (bicyclic) bond motifs is 2. The maximum atomic E-state index is 13.0. The Hall–Kier alpha value is -3.01. The third-order valence-corrected chi connectivity index (χ3v) is 4.49. The summed E-state index contributed by atoms with van der Waals surface area (Å²) in [5.41, 5.74) is -1.16. The lowest BCUT2D eigenvalue weighted by Gasteiger charge is -2.21. The minimum atomic E-state index is -1.35. The molecule has 27 heavy (non-hydrogen) atoms. The van der Waals surface area contributed by atoms with Gasteiger partial charge in [-0.05, 0) is 6.07 Å². The highest BCUT2D eigenvalue weighted by molar-refractivity contribution is 6.00. The van der Waals surface area contributed by atoms with Crippen LogP contribution in [0.25, 0.3) is 21.9 Å². The summed E-state index contributed by atoms with van der Waals surface area (Å²) >= 11 is 0. The number of aromatic hydroxyl groups is 3. The number of aliphatic hydroxyl groups excluding tert-OH is 3. The smallest absolute Gasteiger partial charge is 0.208 e. The van der Waals surface area contributed by atoms with Crippen LogP contribution in [0.5, 0.6) is 23.0 Å². The van der Waals surface area contributed by atoms with Crippen molar-refractivity contribution in [1.82, 2.24) is 0 Å². The van der Waals surface area contributed by atoms with Crippen LogP contribution in [0.4, 0.5) is 0 Å². The monoisotopic (exact) mass is 378 g/mol. The van der Waals surface area contributed by atoms with E-state index in [0.29, 0.717) is 0 Å². The van der Waals surface area contributed by atoms with Crippen molar-refractivity contribution < 1.29 is 39.8 Å². The lowest BCUT2D eigenvalue weighted by atomic mass is 9.92. The molecule has 1 heterocycles. The summed E-state index contributed by atoms with van der Waals surface area (Å²) in [7, 11) is 1.32. The van der Waals surface area contributed by atoms with Crippen molar-refractivity contribution >= 4 is 21.9 Å². The van der Waals surface area contributed by atoms with Gasteiger partial charge in [0.05, 0.1) is 26.4 Å². The molecule has 0 saturated heterocycles. The van der Waals surface area contributed by atoms with Crippen molar-refractivity contribution in [3.8, 4) is 23.0 Å². The van der Waals surface area contributed by atoms with E-state index < -0.39 is 53.5 Å². The number of phenols is 3. The Bertz CT molecular complexity index is 1070. The van der Waals surface area contributed by atoms with Crippen LogP contribution in [0.2, 0.25) is 0 Å². The average Bonchev–Trinajstić information content (AvgIpc) is 2.66. The largest absolute Gasteiger partial charge is 0.507 e. The van der Waals surface area contributed by atoms with E-state index in [9.17, 15) is 35.4 Å². The molecular weight excluding hydrogens is 360 g/mol. The standard InChI is InChI=1S/C18H18O9/c1-26-12-3-2-7(8(5-19)11(23)6-20)17-14(12)16(25)13-9(21)4-10(22)15(24)18(13)27-17/h2-4,8,11,19-24H,5-6H2,1H3. The highest BCUT2D eigenvalue weighted by Gasteiger charge is 2.27. The molecule has 6 N–H and O–H groups in total. The third-order valence-electron chi connectivity index (χ3n) is 4.49. The molecule has 0 aliphatic carbocycles. The first-order valence-electron chi connectivity index (χ1n) is 7.96. The number of benzene rings is 2. The van der Waals surface area contributed by atoms with Crippen molar-refractivity contribution in [2.45, 2.75) is 12.0 Å². The third kappa shape index (κ3) is 2.81. The molecule has 9 heteroatoms. The van der Waals surface area contributed by atoms with E-state index in [1.54, 1.807) is 0 Å². The lowest BCUT2D eigenvalue weighted by Crippen LogP contribution is -2.25. The SMILES string of the molecule is COc1ccc(C(CO)C(O)CO)c2oc3c(O)c(O)cc(O)c3c(=O)c12. The van der Waals surface area contributed by atoms with Crippen molar-refractivity contribution in [3.63, 3.8) is 0 Å². The van der Waals surface area contributed by atoms with Gasteiger partial charge >= 0.3 is 0 Å². The van der Waals surface area contributed by atoms with Gasteiger partial charge in [0.1, 0.15) is 27.9 Å². The molecule has 2 unspecified atom stereocenters. The maximum Gasteiger partial charge on any atom is 0.208 e. The second-order valence-electron chi connectivity index (χ2n) is 6.00. The van der Waals surface area contributed by atoms with Crippen LogP contribution >= 0.6 is 0 Å². The minimum Gasteiger partial charge on any atom is -0.507 e. The molecule has 9 nitrogen and oxygen atoms in total. The second-order valence-corrected chi connectivity index (χ2v) is 6.00. The average molecular weight is 378 g/mol. The quantitative estimate of drug-likeness (QED) is 0.211. The number of phenolic OH excluding ortho intramolecular Hbond substituents is 3. The van der Waals surface area contributed by atoms with E-state index in [2.05, 4.69) is 0 Å². The molecule has 0 saturated carbocycles. The van der Waals surface area contributed by atoms with E-state index in [-0.39, 0.29) is 27.7 Å². The van der Waals surface area contributed by atoms with Crippen LogP contribution in [0.15, 0.2) is 27.4 Å². The number of hydrogen-bond donors (Lipinski definition) is 6. The summed E-state index contributed by atoms with van der Waals surface area (Å²) in [6.07, 6.45) is -1.35. The van der Waals surface area contributed by atoms with Crippen molar-refractivity contribution in [1.29, 1.82) is 0 Å². The molecule has 144 valence electrons. The van der Waals surface area contributed by atoms with Gasteiger partial charge in [0.2, 0.25) is 11.2 Å². The van der Waals surface area contributed by atoms with Crippen molar-refractivity contribution in [2.24, 2.45) is 0 Å². The van der Waals surface area contributed by atoms with Gasteiger partial charge in [0.15, 0.2) is 11.3 Å². The van der Waals surface area contributed by atoms with Crippen molar-refractivity contribution in [3.05, 3.63) is 34.0 Å². The topological polar surface area (TPSA) is 161 Å². The van der Waals surface area contributed by atoms with E-state index in [4.69, 9.17) is 9.15 Å². The summed E-state index contributed by atoms with van der Waals surface area (Å²) < 4.78 is 10.8. The summed E-state index contributed by atoms with van der Waals surface area (Å²) in [5, 5.41) is 58.2. The second kappa shape index (κ2) is 6.95. The molecule has 3 rings (SSSR count). The van der Waals surface area contributed by atoms with Crippen LogP contribution in [-0.4, -0.2) is 57.1 Å². The summed E-state index contributed by atoms with van der Waals surface area (Å²) in [6.45, 7) is -1.22. The van der Waals surface area contributed by atoms with Crippen LogP contribution in [0, 0.1) is 0 Å². The number of ether oxygens (including phenoxy) is 1. The summed E-state index contributed by atoms with van der Waals surface area (Å²) in [6, 6.07) is 3.67. The molecule has 0 aliphatic rings. The normalized spacial score (nSPS) is 13.8. The minimum absolute atomic E-state index is 0.0912. The zero-order chi connectivity index (χ0) is 19.9. The lowest BCUT2D eigenvalue weighted by molar-refractivity contribution is 0.0528. The Kier molecular flexibility index (Phi) is 4.83. The van der Waals surface area contributed by atoms with Gasteiger partial charge in [-0.15, -0.1) is 0 Å². The van der Waals surface area contributed by atoms with Gasteiger partial charge in [-0.1, -0.05) is 6.07 Å². The van der Waals surface area contributed by atoms with Gasteiger partial charge in [0.25, 0.3) is 0 Å². The van der Waals surface area contributed by atoms with Gasteiger partial charge in [-0.3, -0.25) is 4.79 Å². The van der Waals surface area contributed by atoms with E-state index in [1.807, 2.05) is 0 Å². The predicted molar refractivity (Wildman–Crippen MR) is 94.5 cm³/mol. The summed E-state index contributed by atoms with van der Waals surface area (Å²) in [4.78, 5) is 13.0. The first-order chi connectivity index (χ1) is 12.8. The maximum absolute atomic E-state index is 13.0. The molecule has 0 fully saturated rings. The number of hydrogen-bond acceptors (Lipinski definition) is 9.